The van der Waals surface area contributed by atoms with Crippen LogP contribution >= 0.6 is 12.4 Å². The number of ether oxygens (including phenoxy) is 2. The summed E-state index contributed by atoms with van der Waals surface area (Å²) in [4.78, 5) is 12.3. The number of carbonyl (C=O) groups excluding carboxylic acids is 1. The Hall–Kier alpha value is -1.46. The molecule has 1 aromatic rings. The van der Waals surface area contributed by atoms with Gasteiger partial charge in [0, 0.05) is 24.6 Å². The summed E-state index contributed by atoms with van der Waals surface area (Å²) >= 11 is 0. The minimum atomic E-state index is -0.865. The van der Waals surface area contributed by atoms with Crippen molar-refractivity contribution >= 4 is 24.0 Å². The minimum Gasteiger partial charge on any atom is -0.448 e. The number of nitrogens with one attached hydrogen (secondary N) is 1. The Kier molecular flexibility index (Phi) is 5.66. The zero-order valence-corrected chi connectivity index (χ0v) is 15.2. The maximum Gasteiger partial charge on any atom is 0.251 e. The highest BCUT2D eigenvalue weighted by atomic mass is 35.5. The van der Waals surface area contributed by atoms with Crippen molar-refractivity contribution in [3.05, 3.63) is 18.2 Å². The zero-order valence-electron chi connectivity index (χ0n) is 14.4. The van der Waals surface area contributed by atoms with Gasteiger partial charge >= 0.3 is 0 Å². The van der Waals surface area contributed by atoms with E-state index in [9.17, 15) is 4.79 Å². The van der Waals surface area contributed by atoms with Crippen LogP contribution in [0, 0.1) is 0 Å². The van der Waals surface area contributed by atoms with Gasteiger partial charge in [-0.05, 0) is 38.3 Å². The summed E-state index contributed by atoms with van der Waals surface area (Å²) in [5.74, 6) is 0.798. The molecule has 1 fully saturated rings. The van der Waals surface area contributed by atoms with E-state index in [1.807, 2.05) is 25.1 Å². The van der Waals surface area contributed by atoms with Crippen molar-refractivity contribution in [3.63, 3.8) is 0 Å². The van der Waals surface area contributed by atoms with Crippen molar-refractivity contribution in [3.8, 4) is 11.5 Å². The summed E-state index contributed by atoms with van der Waals surface area (Å²) in [5.41, 5.74) is 5.90. The molecule has 0 aromatic heterocycles. The second kappa shape index (κ2) is 7.19. The second-order valence-corrected chi connectivity index (χ2v) is 6.96. The number of anilines is 1. The van der Waals surface area contributed by atoms with Gasteiger partial charge in [0.2, 0.25) is 5.91 Å². The number of benzene rings is 1. The first-order chi connectivity index (χ1) is 10.9. The van der Waals surface area contributed by atoms with Gasteiger partial charge in [-0.1, -0.05) is 19.8 Å². The van der Waals surface area contributed by atoms with Crippen LogP contribution in [0.5, 0.6) is 11.5 Å². The highest BCUT2D eigenvalue weighted by molar-refractivity contribution is 5.97. The van der Waals surface area contributed by atoms with Gasteiger partial charge in [-0.2, -0.15) is 0 Å². The van der Waals surface area contributed by atoms with E-state index in [4.69, 9.17) is 15.2 Å². The lowest BCUT2D eigenvalue weighted by molar-refractivity contribution is -0.120. The second-order valence-electron chi connectivity index (χ2n) is 6.96. The van der Waals surface area contributed by atoms with Crippen molar-refractivity contribution in [1.82, 2.24) is 0 Å². The van der Waals surface area contributed by atoms with Crippen molar-refractivity contribution < 1.29 is 14.3 Å². The van der Waals surface area contributed by atoms with Gasteiger partial charge in [-0.15, -0.1) is 12.4 Å². The van der Waals surface area contributed by atoms with Crippen LogP contribution in [-0.4, -0.2) is 17.2 Å². The largest absolute Gasteiger partial charge is 0.448 e. The molecule has 5 nitrogen and oxygen atoms in total. The SMILES string of the molecule is CCCC(C)(N)C(=O)Nc1ccc2c(c1)OC1(CCCCC1)O2.Cl. The Labute approximate surface area is 149 Å². The highest BCUT2D eigenvalue weighted by Crippen LogP contribution is 2.46. The van der Waals surface area contributed by atoms with Crippen LogP contribution in [0.2, 0.25) is 0 Å². The average molecular weight is 355 g/mol. The molecular weight excluding hydrogens is 328 g/mol. The number of halogens is 1. The van der Waals surface area contributed by atoms with Crippen LogP contribution in [0.4, 0.5) is 5.69 Å². The molecule has 1 aliphatic heterocycles. The van der Waals surface area contributed by atoms with E-state index in [0.29, 0.717) is 17.9 Å². The van der Waals surface area contributed by atoms with E-state index in [0.717, 1.165) is 37.9 Å². The van der Waals surface area contributed by atoms with E-state index < -0.39 is 11.3 Å². The Bertz CT molecular complexity index is 598. The fraction of sp³-hybridized carbons (Fsp3) is 0.611. The highest BCUT2D eigenvalue weighted by Gasteiger charge is 2.42. The van der Waals surface area contributed by atoms with Crippen molar-refractivity contribution in [2.24, 2.45) is 5.73 Å². The number of amides is 1. The van der Waals surface area contributed by atoms with Crippen LogP contribution < -0.4 is 20.5 Å². The first kappa shape index (κ1) is 18.9. The lowest BCUT2D eigenvalue weighted by atomic mass is 9.94. The van der Waals surface area contributed by atoms with Gasteiger partial charge in [0.15, 0.2) is 11.5 Å². The van der Waals surface area contributed by atoms with Crippen molar-refractivity contribution in [2.75, 3.05) is 5.32 Å². The molecular formula is C18H27ClN2O3. The van der Waals surface area contributed by atoms with Gasteiger partial charge in [0.1, 0.15) is 0 Å². The number of carbonyl (C=O) groups is 1. The maximum absolute atomic E-state index is 12.3. The molecule has 1 amide bonds. The first-order valence-electron chi connectivity index (χ1n) is 8.57. The van der Waals surface area contributed by atoms with Crippen LogP contribution in [0.3, 0.4) is 0 Å². The van der Waals surface area contributed by atoms with E-state index in [1.54, 1.807) is 6.92 Å². The maximum atomic E-state index is 12.3. The predicted molar refractivity (Wildman–Crippen MR) is 96.9 cm³/mol. The van der Waals surface area contributed by atoms with Crippen LogP contribution in [0.15, 0.2) is 18.2 Å². The molecule has 6 heteroatoms. The molecule has 3 N–H and O–H groups in total. The summed E-state index contributed by atoms with van der Waals surface area (Å²) in [6.07, 6.45) is 6.83. The third-order valence-corrected chi connectivity index (χ3v) is 4.70. The van der Waals surface area contributed by atoms with E-state index in [2.05, 4.69) is 5.32 Å². The molecule has 1 heterocycles. The molecule has 1 unspecified atom stereocenters. The minimum absolute atomic E-state index is 0. The van der Waals surface area contributed by atoms with Crippen LogP contribution in [0.25, 0.3) is 0 Å². The molecule has 3 rings (SSSR count). The molecule has 0 bridgehead atoms. The molecule has 1 aliphatic carbocycles. The topological polar surface area (TPSA) is 73.6 Å². The summed E-state index contributed by atoms with van der Waals surface area (Å²) in [6.45, 7) is 3.78. The number of fused-ring (bicyclic) bond motifs is 1. The number of nitrogens with two attached hydrogens (primary N) is 1. The molecule has 0 saturated heterocycles. The summed E-state index contributed by atoms with van der Waals surface area (Å²) in [6, 6.07) is 5.53. The van der Waals surface area contributed by atoms with Gasteiger partial charge in [0.05, 0.1) is 5.54 Å². The Morgan fingerprint density at radius 1 is 1.25 bits per heavy atom. The smallest absolute Gasteiger partial charge is 0.251 e. The molecule has 1 atom stereocenters. The summed E-state index contributed by atoms with van der Waals surface area (Å²) < 4.78 is 12.1. The average Bonchev–Trinajstić information content (AvgIpc) is 2.84. The first-order valence-corrected chi connectivity index (χ1v) is 8.57. The number of rotatable bonds is 4. The fourth-order valence-electron chi connectivity index (χ4n) is 3.37. The Morgan fingerprint density at radius 2 is 1.92 bits per heavy atom. The van der Waals surface area contributed by atoms with Gasteiger partial charge < -0.3 is 20.5 Å². The predicted octanol–water partition coefficient (Wildman–Crippen LogP) is 4.00. The monoisotopic (exact) mass is 354 g/mol. The standard InChI is InChI=1S/C18H26N2O3.ClH/c1-3-9-17(2,19)16(21)20-13-7-8-14-15(12-13)23-18(22-14)10-5-4-6-11-18;/h7-8,12H,3-6,9-11,19H2,1-2H3,(H,20,21);1H. The van der Waals surface area contributed by atoms with Crippen molar-refractivity contribution in [2.45, 2.75) is 70.1 Å². The molecule has 2 aliphatic rings. The molecule has 1 spiro atoms. The summed E-state index contributed by atoms with van der Waals surface area (Å²) in [7, 11) is 0. The Morgan fingerprint density at radius 3 is 2.58 bits per heavy atom. The van der Waals surface area contributed by atoms with Crippen molar-refractivity contribution in [1.29, 1.82) is 0 Å². The van der Waals surface area contributed by atoms with E-state index >= 15 is 0 Å². The number of hydrogen-bond donors (Lipinski definition) is 2. The number of hydrogen-bond acceptors (Lipinski definition) is 4. The van der Waals surface area contributed by atoms with Gasteiger partial charge in [0.25, 0.3) is 5.79 Å². The molecule has 1 saturated carbocycles. The Balaban J connectivity index is 0.00000208. The fourth-order valence-corrected chi connectivity index (χ4v) is 3.37. The molecule has 1 aromatic carbocycles. The third kappa shape index (κ3) is 3.78. The quantitative estimate of drug-likeness (QED) is 0.857. The van der Waals surface area contributed by atoms with Crippen LogP contribution in [-0.2, 0) is 4.79 Å². The third-order valence-electron chi connectivity index (χ3n) is 4.70. The normalized spacial score (nSPS) is 20.1. The summed E-state index contributed by atoms with van der Waals surface area (Å²) in [5, 5.41) is 2.89. The van der Waals surface area contributed by atoms with Gasteiger partial charge in [-0.25, -0.2) is 0 Å². The van der Waals surface area contributed by atoms with Crippen LogP contribution in [0.1, 0.15) is 58.8 Å². The lowest BCUT2D eigenvalue weighted by Gasteiger charge is -2.31. The lowest BCUT2D eigenvalue weighted by Crippen LogP contribution is -2.48. The molecule has 24 heavy (non-hydrogen) atoms. The molecule has 134 valence electrons. The van der Waals surface area contributed by atoms with Gasteiger partial charge in [-0.3, -0.25) is 4.79 Å². The van der Waals surface area contributed by atoms with E-state index in [1.165, 1.54) is 6.42 Å². The van der Waals surface area contributed by atoms with E-state index in [-0.39, 0.29) is 18.3 Å². The zero-order chi connectivity index (χ0) is 16.5. The molecule has 0 radical (unpaired) electrons.